The van der Waals surface area contributed by atoms with E-state index >= 15 is 0 Å². The largest absolute Gasteiger partial charge is 0.496 e. The number of amides is 2. The van der Waals surface area contributed by atoms with Crippen LogP contribution in [-0.2, 0) is 14.3 Å². The molecule has 0 aliphatic carbocycles. The van der Waals surface area contributed by atoms with E-state index in [9.17, 15) is 14.4 Å². The van der Waals surface area contributed by atoms with Gasteiger partial charge in [-0.05, 0) is 30.8 Å². The van der Waals surface area contributed by atoms with Crippen LogP contribution in [0.3, 0.4) is 0 Å². The molecule has 1 aromatic carbocycles. The molecule has 1 heterocycles. The second kappa shape index (κ2) is 7.13. The van der Waals surface area contributed by atoms with Crippen LogP contribution in [0, 0.1) is 0 Å². The van der Waals surface area contributed by atoms with Crippen LogP contribution in [0.4, 0.5) is 4.79 Å². The van der Waals surface area contributed by atoms with E-state index in [4.69, 9.17) is 9.47 Å². The van der Waals surface area contributed by atoms with Gasteiger partial charge in [-0.15, -0.1) is 0 Å². The van der Waals surface area contributed by atoms with E-state index in [1.54, 1.807) is 31.2 Å². The third-order valence-corrected chi connectivity index (χ3v) is 3.80. The van der Waals surface area contributed by atoms with Crippen molar-refractivity contribution >= 4 is 35.0 Å². The number of ether oxygens (including phenoxy) is 2. The van der Waals surface area contributed by atoms with Gasteiger partial charge in [0.25, 0.3) is 11.1 Å². The molecule has 0 saturated carbocycles. The molecular weight excluding hydrogens is 306 g/mol. The number of nitrogens with zero attached hydrogens (tertiary/aromatic N) is 1. The van der Waals surface area contributed by atoms with Gasteiger partial charge in [0.1, 0.15) is 12.3 Å². The van der Waals surface area contributed by atoms with Crippen molar-refractivity contribution in [1.29, 1.82) is 0 Å². The summed E-state index contributed by atoms with van der Waals surface area (Å²) in [5, 5.41) is -0.487. The monoisotopic (exact) mass is 321 g/mol. The van der Waals surface area contributed by atoms with Crippen LogP contribution >= 0.6 is 11.8 Å². The second-order valence-corrected chi connectivity index (χ2v) is 5.31. The Morgan fingerprint density at radius 2 is 2.05 bits per heavy atom. The van der Waals surface area contributed by atoms with Crippen LogP contribution in [0.1, 0.15) is 12.5 Å². The summed E-state index contributed by atoms with van der Waals surface area (Å²) in [6.07, 6.45) is 1.58. The summed E-state index contributed by atoms with van der Waals surface area (Å²) in [6, 6.07) is 7.15. The molecule has 0 unspecified atom stereocenters. The predicted octanol–water partition coefficient (Wildman–Crippen LogP) is 2.29. The van der Waals surface area contributed by atoms with Gasteiger partial charge in [-0.2, -0.15) is 0 Å². The molecule has 0 spiro atoms. The van der Waals surface area contributed by atoms with Gasteiger partial charge in [0.2, 0.25) is 0 Å². The van der Waals surface area contributed by atoms with E-state index in [0.717, 1.165) is 16.7 Å². The summed E-state index contributed by atoms with van der Waals surface area (Å²) in [5.41, 5.74) is 0.687. The SMILES string of the molecule is CCOC(=O)CN1C(=O)S/C(=C\c2ccccc2OC)C1=O. The zero-order valence-corrected chi connectivity index (χ0v) is 13.0. The molecule has 0 N–H and O–H groups in total. The number of para-hydroxylation sites is 1. The molecule has 1 aliphatic rings. The van der Waals surface area contributed by atoms with Crippen LogP contribution in [0.15, 0.2) is 29.2 Å². The first-order chi connectivity index (χ1) is 10.6. The minimum Gasteiger partial charge on any atom is -0.496 e. The minimum atomic E-state index is -0.608. The van der Waals surface area contributed by atoms with Crippen molar-refractivity contribution in [3.63, 3.8) is 0 Å². The highest BCUT2D eigenvalue weighted by Crippen LogP contribution is 2.33. The van der Waals surface area contributed by atoms with Crippen molar-refractivity contribution in [3.05, 3.63) is 34.7 Å². The summed E-state index contributed by atoms with van der Waals surface area (Å²) >= 11 is 0.791. The van der Waals surface area contributed by atoms with Gasteiger partial charge in [0, 0.05) is 5.56 Å². The van der Waals surface area contributed by atoms with Crippen LogP contribution in [0.5, 0.6) is 5.75 Å². The maximum Gasteiger partial charge on any atom is 0.326 e. The Balaban J connectivity index is 2.20. The molecule has 0 aromatic heterocycles. The Hall–Kier alpha value is -2.28. The Morgan fingerprint density at radius 3 is 2.73 bits per heavy atom. The standard InChI is InChI=1S/C15H15NO5S/c1-3-21-13(17)9-16-14(18)12(22-15(16)19)8-10-6-4-5-7-11(10)20-2/h4-8H,3,9H2,1-2H3/b12-8-. The van der Waals surface area contributed by atoms with Crippen molar-refractivity contribution in [3.8, 4) is 5.75 Å². The lowest BCUT2D eigenvalue weighted by atomic mass is 10.2. The van der Waals surface area contributed by atoms with Crippen molar-refractivity contribution in [2.45, 2.75) is 6.92 Å². The van der Waals surface area contributed by atoms with Gasteiger partial charge >= 0.3 is 5.97 Å². The molecule has 2 rings (SSSR count). The smallest absolute Gasteiger partial charge is 0.326 e. The average Bonchev–Trinajstić information content (AvgIpc) is 2.76. The Kier molecular flexibility index (Phi) is 5.21. The molecule has 1 fully saturated rings. The van der Waals surface area contributed by atoms with E-state index in [1.807, 2.05) is 6.07 Å². The van der Waals surface area contributed by atoms with Gasteiger partial charge in [0.15, 0.2) is 0 Å². The summed E-state index contributed by atoms with van der Waals surface area (Å²) < 4.78 is 9.96. The maximum atomic E-state index is 12.2. The molecular formula is C15H15NO5S. The molecule has 1 aromatic rings. The van der Waals surface area contributed by atoms with Gasteiger partial charge in [-0.3, -0.25) is 19.3 Å². The first-order valence-electron chi connectivity index (χ1n) is 6.60. The number of esters is 1. The zero-order chi connectivity index (χ0) is 16.1. The van der Waals surface area contributed by atoms with Gasteiger partial charge < -0.3 is 9.47 Å². The molecule has 7 heteroatoms. The quantitative estimate of drug-likeness (QED) is 0.612. The van der Waals surface area contributed by atoms with E-state index in [0.29, 0.717) is 11.3 Å². The first kappa shape index (κ1) is 16.1. The van der Waals surface area contributed by atoms with Crippen LogP contribution < -0.4 is 4.74 Å². The highest BCUT2D eigenvalue weighted by Gasteiger charge is 2.36. The molecule has 2 amide bonds. The molecule has 6 nitrogen and oxygen atoms in total. The van der Waals surface area contributed by atoms with E-state index in [1.165, 1.54) is 7.11 Å². The molecule has 0 bridgehead atoms. The third kappa shape index (κ3) is 3.48. The van der Waals surface area contributed by atoms with Gasteiger partial charge in [-0.25, -0.2) is 0 Å². The number of hydrogen-bond donors (Lipinski definition) is 0. The van der Waals surface area contributed by atoms with E-state index in [-0.39, 0.29) is 18.1 Å². The van der Waals surface area contributed by atoms with Crippen LogP contribution in [0.25, 0.3) is 6.08 Å². The Labute approximate surface area is 132 Å². The summed E-state index contributed by atoms with van der Waals surface area (Å²) in [7, 11) is 1.53. The van der Waals surface area contributed by atoms with Gasteiger partial charge in [0.05, 0.1) is 18.6 Å². The summed E-state index contributed by atoms with van der Waals surface area (Å²) in [6.45, 7) is 1.49. The summed E-state index contributed by atoms with van der Waals surface area (Å²) in [4.78, 5) is 36.7. The lowest BCUT2D eigenvalue weighted by Crippen LogP contribution is -2.34. The maximum absolute atomic E-state index is 12.2. The number of carbonyl (C=O) groups is 3. The normalized spacial score (nSPS) is 16.3. The lowest BCUT2D eigenvalue weighted by molar-refractivity contribution is -0.145. The van der Waals surface area contributed by atoms with Crippen molar-refractivity contribution in [2.24, 2.45) is 0 Å². The fourth-order valence-electron chi connectivity index (χ4n) is 1.90. The summed E-state index contributed by atoms with van der Waals surface area (Å²) in [5.74, 6) is -0.517. The van der Waals surface area contributed by atoms with Crippen molar-refractivity contribution in [1.82, 2.24) is 4.90 Å². The lowest BCUT2D eigenvalue weighted by Gasteiger charge is -2.10. The van der Waals surface area contributed by atoms with Crippen molar-refractivity contribution < 1.29 is 23.9 Å². The second-order valence-electron chi connectivity index (χ2n) is 4.31. The molecule has 0 radical (unpaired) electrons. The topological polar surface area (TPSA) is 72.9 Å². The molecule has 1 aliphatic heterocycles. The predicted molar refractivity (Wildman–Crippen MR) is 82.3 cm³/mol. The number of thioether (sulfide) groups is 1. The number of imide groups is 1. The van der Waals surface area contributed by atoms with Crippen LogP contribution in [-0.4, -0.2) is 42.3 Å². The van der Waals surface area contributed by atoms with Gasteiger partial charge in [-0.1, -0.05) is 18.2 Å². The highest BCUT2D eigenvalue weighted by molar-refractivity contribution is 8.18. The van der Waals surface area contributed by atoms with Crippen LogP contribution in [0.2, 0.25) is 0 Å². The zero-order valence-electron chi connectivity index (χ0n) is 12.2. The third-order valence-electron chi connectivity index (χ3n) is 2.89. The molecule has 0 atom stereocenters. The number of hydrogen-bond acceptors (Lipinski definition) is 6. The molecule has 116 valence electrons. The Morgan fingerprint density at radius 1 is 1.32 bits per heavy atom. The minimum absolute atomic E-state index is 0.201. The number of rotatable bonds is 5. The molecule has 22 heavy (non-hydrogen) atoms. The highest BCUT2D eigenvalue weighted by atomic mass is 32.2. The average molecular weight is 321 g/mol. The van der Waals surface area contributed by atoms with E-state index < -0.39 is 17.1 Å². The number of carbonyl (C=O) groups excluding carboxylic acids is 3. The first-order valence-corrected chi connectivity index (χ1v) is 7.42. The fraction of sp³-hybridized carbons (Fsp3) is 0.267. The van der Waals surface area contributed by atoms with Crippen molar-refractivity contribution in [2.75, 3.05) is 20.3 Å². The van der Waals surface area contributed by atoms with E-state index in [2.05, 4.69) is 0 Å². The molecule has 1 saturated heterocycles. The Bertz CT molecular complexity index is 641. The number of benzene rings is 1. The fourth-order valence-corrected chi connectivity index (χ4v) is 2.73. The number of methoxy groups -OCH3 is 1.